The van der Waals surface area contributed by atoms with E-state index in [0.717, 1.165) is 16.9 Å². The number of benzene rings is 3. The molecule has 0 radical (unpaired) electrons. The molecule has 0 aliphatic heterocycles. The molecule has 0 bridgehead atoms. The highest BCUT2D eigenvalue weighted by atomic mass is 32.2. The number of nitrogens with one attached hydrogen (secondary N) is 2. The maximum absolute atomic E-state index is 13.8. The third kappa shape index (κ3) is 10.0. The predicted molar refractivity (Wildman–Crippen MR) is 178 cm³/mol. The van der Waals surface area contributed by atoms with Gasteiger partial charge in [0.15, 0.2) is 9.84 Å². The number of ether oxygens (including phenoxy) is 4. The maximum atomic E-state index is 13.8. The number of hydrogen-bond donors (Lipinski definition) is 2. The molecule has 238 valence electrons. The van der Waals surface area contributed by atoms with Crippen molar-refractivity contribution in [1.82, 2.24) is 0 Å². The summed E-state index contributed by atoms with van der Waals surface area (Å²) in [5.74, 6) is -1.91. The summed E-state index contributed by atoms with van der Waals surface area (Å²) in [4.78, 5) is 0.260. The van der Waals surface area contributed by atoms with Gasteiger partial charge in [0, 0.05) is 51.6 Å². The molecular weight excluding hydrogens is 576 g/mol. The minimum absolute atomic E-state index is 0.260. The molecule has 0 spiro atoms. The first kappa shape index (κ1) is 35.0. The van der Waals surface area contributed by atoms with Crippen LogP contribution in [0.25, 0.3) is 6.08 Å². The highest BCUT2D eigenvalue weighted by molar-refractivity contribution is 7.91. The van der Waals surface area contributed by atoms with Crippen LogP contribution >= 0.6 is 0 Å². The van der Waals surface area contributed by atoms with Gasteiger partial charge < -0.3 is 29.6 Å². The Morgan fingerprint density at radius 3 is 1.57 bits per heavy atom. The Bertz CT molecular complexity index is 1430. The number of allylic oxidation sites excluding steroid dienone is 2. The zero-order valence-corrected chi connectivity index (χ0v) is 27.4. The average molecular weight is 623 g/mol. The van der Waals surface area contributed by atoms with Gasteiger partial charge in [0.05, 0.1) is 4.90 Å². The fraction of sp³-hybridized carbons (Fsp3) is 0.371. The molecule has 0 saturated heterocycles. The van der Waals surface area contributed by atoms with E-state index in [0.29, 0.717) is 32.0 Å². The van der Waals surface area contributed by atoms with Crippen molar-refractivity contribution in [2.24, 2.45) is 0 Å². The Labute approximate surface area is 263 Å². The highest BCUT2D eigenvalue weighted by Crippen LogP contribution is 2.32. The molecule has 3 rings (SSSR count). The lowest BCUT2D eigenvalue weighted by atomic mass is 10.1. The number of sulfone groups is 1. The first-order valence-corrected chi connectivity index (χ1v) is 16.6. The van der Waals surface area contributed by atoms with E-state index in [1.807, 2.05) is 102 Å². The standard InChI is InChI=1S/C35H46N2O6S/c1-7-40-34(5,41-8-2)36-30-24-20-28(21-25-30)16-14-15-19-33(44(38,39)32-17-12-11-13-18-32)29-22-26-31(27-23-29)37-35(6,42-9-3)43-10-4/h11-27,33,36-37H,7-10H2,1-6H3/b16-14+,19-15+. The first-order chi connectivity index (χ1) is 21.1. The molecule has 9 heteroatoms. The summed E-state index contributed by atoms with van der Waals surface area (Å²) >= 11 is 0. The second kappa shape index (κ2) is 16.6. The molecule has 2 N–H and O–H groups in total. The second-order valence-electron chi connectivity index (χ2n) is 10.1. The summed E-state index contributed by atoms with van der Waals surface area (Å²) in [6.45, 7) is 13.3. The fourth-order valence-electron chi connectivity index (χ4n) is 4.77. The van der Waals surface area contributed by atoms with Crippen LogP contribution in [0.15, 0.2) is 102 Å². The molecular formula is C35H46N2O6S. The third-order valence-electron chi connectivity index (χ3n) is 6.66. The number of rotatable bonds is 18. The van der Waals surface area contributed by atoms with Crippen LogP contribution in [-0.4, -0.2) is 46.7 Å². The van der Waals surface area contributed by atoms with E-state index in [1.54, 1.807) is 42.5 Å². The van der Waals surface area contributed by atoms with E-state index in [-0.39, 0.29) is 4.90 Å². The van der Waals surface area contributed by atoms with Crippen molar-refractivity contribution in [2.45, 2.75) is 63.5 Å². The summed E-state index contributed by atoms with van der Waals surface area (Å²) in [5, 5.41) is 5.64. The van der Waals surface area contributed by atoms with Crippen LogP contribution in [0, 0.1) is 0 Å². The van der Waals surface area contributed by atoms with Crippen LogP contribution in [0.1, 0.15) is 57.9 Å². The van der Waals surface area contributed by atoms with Gasteiger partial charge in [-0.3, -0.25) is 0 Å². The normalized spacial score (nSPS) is 13.4. The number of hydrogen-bond acceptors (Lipinski definition) is 8. The molecule has 3 aromatic rings. The monoisotopic (exact) mass is 622 g/mol. The van der Waals surface area contributed by atoms with Crippen LogP contribution in [0.4, 0.5) is 11.4 Å². The molecule has 0 fully saturated rings. The molecule has 8 nitrogen and oxygen atoms in total. The molecule has 1 unspecified atom stereocenters. The zero-order valence-electron chi connectivity index (χ0n) is 26.6. The Morgan fingerprint density at radius 2 is 1.11 bits per heavy atom. The lowest BCUT2D eigenvalue weighted by Gasteiger charge is -2.31. The first-order valence-electron chi connectivity index (χ1n) is 15.0. The van der Waals surface area contributed by atoms with Crippen molar-refractivity contribution in [3.8, 4) is 0 Å². The van der Waals surface area contributed by atoms with Crippen LogP contribution in [0.3, 0.4) is 0 Å². The zero-order chi connectivity index (χ0) is 32.1. The van der Waals surface area contributed by atoms with Gasteiger partial charge in [0.2, 0.25) is 11.8 Å². The van der Waals surface area contributed by atoms with Gasteiger partial charge >= 0.3 is 0 Å². The van der Waals surface area contributed by atoms with E-state index >= 15 is 0 Å². The van der Waals surface area contributed by atoms with Crippen molar-refractivity contribution < 1.29 is 27.4 Å². The lowest BCUT2D eigenvalue weighted by molar-refractivity contribution is -0.201. The molecule has 44 heavy (non-hydrogen) atoms. The summed E-state index contributed by atoms with van der Waals surface area (Å²) in [5.41, 5.74) is 3.20. The quantitative estimate of drug-likeness (QED) is 0.110. The third-order valence-corrected chi connectivity index (χ3v) is 8.69. The lowest BCUT2D eigenvalue weighted by Crippen LogP contribution is -2.41. The summed E-state index contributed by atoms with van der Waals surface area (Å²) < 4.78 is 50.5. The summed E-state index contributed by atoms with van der Waals surface area (Å²) in [7, 11) is -3.72. The maximum Gasteiger partial charge on any atom is 0.246 e. The van der Waals surface area contributed by atoms with Crippen molar-refractivity contribution in [3.05, 3.63) is 108 Å². The molecule has 0 heterocycles. The molecule has 0 aliphatic carbocycles. The van der Waals surface area contributed by atoms with E-state index in [9.17, 15) is 8.42 Å². The fourth-order valence-corrected chi connectivity index (χ4v) is 6.41. The van der Waals surface area contributed by atoms with E-state index in [1.165, 1.54) is 0 Å². The molecule has 0 aromatic heterocycles. The van der Waals surface area contributed by atoms with Crippen molar-refractivity contribution in [3.63, 3.8) is 0 Å². The van der Waals surface area contributed by atoms with Crippen LogP contribution in [-0.2, 0) is 28.8 Å². The Hall–Kier alpha value is -3.47. The number of anilines is 2. The highest BCUT2D eigenvalue weighted by Gasteiger charge is 2.28. The molecule has 0 amide bonds. The second-order valence-corrected chi connectivity index (χ2v) is 12.2. The summed E-state index contributed by atoms with van der Waals surface area (Å²) in [6.07, 6.45) is 7.24. The van der Waals surface area contributed by atoms with Gasteiger partial charge in [-0.15, -0.1) is 0 Å². The average Bonchev–Trinajstić information content (AvgIpc) is 2.99. The minimum atomic E-state index is -3.72. The molecule has 3 aromatic carbocycles. The van der Waals surface area contributed by atoms with E-state index in [4.69, 9.17) is 18.9 Å². The van der Waals surface area contributed by atoms with Gasteiger partial charge in [-0.1, -0.05) is 66.8 Å². The van der Waals surface area contributed by atoms with Gasteiger partial charge in [-0.05, 0) is 75.2 Å². The van der Waals surface area contributed by atoms with Crippen LogP contribution in [0.2, 0.25) is 0 Å². The van der Waals surface area contributed by atoms with E-state index < -0.39 is 26.9 Å². The van der Waals surface area contributed by atoms with Gasteiger partial charge in [0.1, 0.15) is 5.25 Å². The van der Waals surface area contributed by atoms with E-state index in [2.05, 4.69) is 10.6 Å². The molecule has 0 saturated carbocycles. The van der Waals surface area contributed by atoms with Crippen molar-refractivity contribution in [2.75, 3.05) is 37.1 Å². The van der Waals surface area contributed by atoms with Crippen molar-refractivity contribution in [1.29, 1.82) is 0 Å². The van der Waals surface area contributed by atoms with Crippen molar-refractivity contribution >= 4 is 27.3 Å². The molecule has 1 atom stereocenters. The molecule has 0 aliphatic rings. The van der Waals surface area contributed by atoms with Gasteiger partial charge in [-0.25, -0.2) is 8.42 Å². The largest absolute Gasteiger partial charge is 0.335 e. The van der Waals surface area contributed by atoms with Crippen LogP contribution < -0.4 is 10.6 Å². The SMILES string of the molecule is CCOC(C)(Nc1ccc(/C=C/C=C/C(c2ccc(NC(C)(OCC)OCC)cc2)S(=O)(=O)c2ccccc2)cc1)OCC. The van der Waals surface area contributed by atoms with Gasteiger partial charge in [0.25, 0.3) is 0 Å². The Balaban J connectivity index is 1.82. The topological polar surface area (TPSA) is 95.1 Å². The smallest absolute Gasteiger partial charge is 0.246 e. The minimum Gasteiger partial charge on any atom is -0.335 e. The Morgan fingerprint density at radius 1 is 0.659 bits per heavy atom. The Kier molecular flexibility index (Phi) is 13.2. The summed E-state index contributed by atoms with van der Waals surface area (Å²) in [6, 6.07) is 23.6. The predicted octanol–water partition coefficient (Wildman–Crippen LogP) is 7.79. The van der Waals surface area contributed by atoms with Crippen LogP contribution in [0.5, 0.6) is 0 Å². The van der Waals surface area contributed by atoms with Gasteiger partial charge in [-0.2, -0.15) is 0 Å².